The van der Waals surface area contributed by atoms with Crippen molar-refractivity contribution >= 4 is 0 Å². The Hall–Kier alpha value is -1.61. The smallest absolute Gasteiger partial charge is 0.0659 e. The Kier molecular flexibility index (Phi) is 3.38. The fourth-order valence-electron chi connectivity index (χ4n) is 2.91. The first kappa shape index (κ1) is 12.4. The van der Waals surface area contributed by atoms with Gasteiger partial charge < -0.3 is 5.32 Å². The lowest BCUT2D eigenvalue weighted by Gasteiger charge is -2.05. The molecule has 1 aliphatic rings. The number of benzene rings is 1. The van der Waals surface area contributed by atoms with Crippen LogP contribution in [0.3, 0.4) is 0 Å². The maximum atomic E-state index is 4.59. The lowest BCUT2D eigenvalue weighted by Crippen LogP contribution is -2.05. The molecule has 0 saturated carbocycles. The van der Waals surface area contributed by atoms with Crippen LogP contribution in [-0.2, 0) is 25.9 Å². The van der Waals surface area contributed by atoms with Crippen LogP contribution in [0.1, 0.15) is 34.4 Å². The van der Waals surface area contributed by atoms with Crippen molar-refractivity contribution in [2.45, 2.75) is 39.3 Å². The van der Waals surface area contributed by atoms with Crippen LogP contribution in [0.25, 0.3) is 0 Å². The van der Waals surface area contributed by atoms with Gasteiger partial charge in [0.2, 0.25) is 0 Å². The first-order chi connectivity index (χ1) is 9.26. The van der Waals surface area contributed by atoms with E-state index in [4.69, 9.17) is 0 Å². The number of hydrogen-bond donors (Lipinski definition) is 1. The molecule has 0 amide bonds. The predicted molar refractivity (Wildman–Crippen MR) is 77.3 cm³/mol. The summed E-state index contributed by atoms with van der Waals surface area (Å²) in [6, 6.07) is 6.90. The quantitative estimate of drug-likeness (QED) is 0.909. The van der Waals surface area contributed by atoms with Gasteiger partial charge in [-0.2, -0.15) is 5.10 Å². The molecule has 0 fully saturated rings. The number of rotatable bonds is 4. The first-order valence-corrected chi connectivity index (χ1v) is 7.04. The Morgan fingerprint density at radius 3 is 2.95 bits per heavy atom. The molecule has 100 valence electrons. The Morgan fingerprint density at radius 1 is 1.26 bits per heavy atom. The summed E-state index contributed by atoms with van der Waals surface area (Å²) in [6.07, 6.45) is 5.96. The van der Waals surface area contributed by atoms with E-state index in [0.717, 1.165) is 18.8 Å². The second-order valence-corrected chi connectivity index (χ2v) is 5.42. The Balaban J connectivity index is 1.79. The van der Waals surface area contributed by atoms with Crippen LogP contribution >= 0.6 is 0 Å². The highest BCUT2D eigenvalue weighted by Crippen LogP contribution is 2.23. The maximum Gasteiger partial charge on any atom is 0.0659 e. The summed E-state index contributed by atoms with van der Waals surface area (Å²) in [4.78, 5) is 0. The van der Waals surface area contributed by atoms with Crippen LogP contribution in [0.5, 0.6) is 0 Å². The van der Waals surface area contributed by atoms with Gasteiger partial charge >= 0.3 is 0 Å². The minimum atomic E-state index is 0.873. The molecule has 0 radical (unpaired) electrons. The van der Waals surface area contributed by atoms with Gasteiger partial charge in [0.25, 0.3) is 0 Å². The van der Waals surface area contributed by atoms with E-state index in [1.165, 1.54) is 41.5 Å². The SMILES string of the molecule is CNCc1cn(Cc2ccc3c(c2)CCC3)nc1C. The zero-order valence-electron chi connectivity index (χ0n) is 11.7. The van der Waals surface area contributed by atoms with Gasteiger partial charge in [0.1, 0.15) is 0 Å². The Bertz CT molecular complexity index is 584. The molecule has 0 aliphatic heterocycles. The summed E-state index contributed by atoms with van der Waals surface area (Å²) in [5, 5.41) is 7.78. The molecule has 1 heterocycles. The van der Waals surface area contributed by atoms with Gasteiger partial charge in [-0.3, -0.25) is 4.68 Å². The second-order valence-electron chi connectivity index (χ2n) is 5.42. The van der Waals surface area contributed by atoms with Gasteiger partial charge in [-0.1, -0.05) is 18.2 Å². The van der Waals surface area contributed by atoms with Crippen molar-refractivity contribution in [2.24, 2.45) is 0 Å². The average Bonchev–Trinajstić information content (AvgIpc) is 2.97. The standard InChI is InChI=1S/C16H21N3/c1-12-16(9-17-2)11-19(18-12)10-13-6-7-14-4-3-5-15(14)8-13/h6-8,11,17H,3-5,9-10H2,1-2H3. The summed E-state index contributed by atoms with van der Waals surface area (Å²) < 4.78 is 2.05. The molecule has 0 spiro atoms. The molecule has 0 saturated heterocycles. The highest BCUT2D eigenvalue weighted by atomic mass is 15.3. The summed E-state index contributed by atoms with van der Waals surface area (Å²) in [7, 11) is 1.97. The van der Waals surface area contributed by atoms with E-state index in [1.807, 2.05) is 7.05 Å². The minimum Gasteiger partial charge on any atom is -0.316 e. The lowest BCUT2D eigenvalue weighted by molar-refractivity contribution is 0.678. The monoisotopic (exact) mass is 255 g/mol. The van der Waals surface area contributed by atoms with Crippen molar-refractivity contribution < 1.29 is 0 Å². The van der Waals surface area contributed by atoms with E-state index in [2.05, 4.69) is 46.4 Å². The highest BCUT2D eigenvalue weighted by Gasteiger charge is 2.11. The average molecular weight is 255 g/mol. The van der Waals surface area contributed by atoms with Gasteiger partial charge in [0, 0.05) is 18.3 Å². The van der Waals surface area contributed by atoms with Gasteiger partial charge in [-0.25, -0.2) is 0 Å². The Morgan fingerprint density at radius 2 is 2.11 bits per heavy atom. The van der Waals surface area contributed by atoms with E-state index in [0.29, 0.717) is 0 Å². The summed E-state index contributed by atoms with van der Waals surface area (Å²) in [5.41, 5.74) is 6.84. The second kappa shape index (κ2) is 5.17. The van der Waals surface area contributed by atoms with Crippen LogP contribution in [-0.4, -0.2) is 16.8 Å². The van der Waals surface area contributed by atoms with Crippen LogP contribution in [0.2, 0.25) is 0 Å². The van der Waals surface area contributed by atoms with E-state index in [9.17, 15) is 0 Å². The van der Waals surface area contributed by atoms with Gasteiger partial charge in [0.05, 0.1) is 12.2 Å². The number of aryl methyl sites for hydroxylation is 3. The van der Waals surface area contributed by atoms with Crippen molar-refractivity contribution in [3.63, 3.8) is 0 Å². The highest BCUT2D eigenvalue weighted by molar-refractivity contribution is 5.35. The number of nitrogens with one attached hydrogen (secondary N) is 1. The third-order valence-electron chi connectivity index (χ3n) is 3.92. The minimum absolute atomic E-state index is 0.873. The van der Waals surface area contributed by atoms with Crippen molar-refractivity contribution in [1.82, 2.24) is 15.1 Å². The zero-order chi connectivity index (χ0) is 13.2. The topological polar surface area (TPSA) is 29.9 Å². The van der Waals surface area contributed by atoms with Crippen LogP contribution in [0.15, 0.2) is 24.4 Å². The fraction of sp³-hybridized carbons (Fsp3) is 0.438. The normalized spacial score (nSPS) is 13.8. The van der Waals surface area contributed by atoms with Gasteiger partial charge in [-0.05, 0) is 49.9 Å². The molecule has 3 heteroatoms. The summed E-state index contributed by atoms with van der Waals surface area (Å²) in [6.45, 7) is 3.83. The Labute approximate surface area is 114 Å². The molecule has 1 aromatic heterocycles. The van der Waals surface area contributed by atoms with E-state index in [-0.39, 0.29) is 0 Å². The van der Waals surface area contributed by atoms with Crippen LogP contribution in [0, 0.1) is 6.92 Å². The molecule has 2 aromatic rings. The third-order valence-corrected chi connectivity index (χ3v) is 3.92. The summed E-state index contributed by atoms with van der Waals surface area (Å²) in [5.74, 6) is 0. The van der Waals surface area contributed by atoms with Crippen LogP contribution < -0.4 is 5.32 Å². The molecule has 3 rings (SSSR count). The molecule has 0 unspecified atom stereocenters. The first-order valence-electron chi connectivity index (χ1n) is 7.04. The molecule has 1 aromatic carbocycles. The number of nitrogens with zero attached hydrogens (tertiary/aromatic N) is 2. The number of aromatic nitrogens is 2. The van der Waals surface area contributed by atoms with Crippen molar-refractivity contribution in [1.29, 1.82) is 0 Å². The van der Waals surface area contributed by atoms with Crippen molar-refractivity contribution in [3.8, 4) is 0 Å². The van der Waals surface area contributed by atoms with E-state index < -0.39 is 0 Å². The molecule has 0 bridgehead atoms. The molecule has 1 N–H and O–H groups in total. The molecular weight excluding hydrogens is 234 g/mol. The third kappa shape index (κ3) is 2.56. The zero-order valence-corrected chi connectivity index (χ0v) is 11.7. The van der Waals surface area contributed by atoms with Crippen molar-refractivity contribution in [3.05, 3.63) is 52.3 Å². The molecule has 1 aliphatic carbocycles. The van der Waals surface area contributed by atoms with Crippen LogP contribution in [0.4, 0.5) is 0 Å². The largest absolute Gasteiger partial charge is 0.316 e. The lowest BCUT2D eigenvalue weighted by atomic mass is 10.1. The van der Waals surface area contributed by atoms with E-state index >= 15 is 0 Å². The van der Waals surface area contributed by atoms with Gasteiger partial charge in [-0.15, -0.1) is 0 Å². The predicted octanol–water partition coefficient (Wildman–Crippen LogP) is 2.45. The fourth-order valence-corrected chi connectivity index (χ4v) is 2.91. The molecule has 3 nitrogen and oxygen atoms in total. The molecule has 0 atom stereocenters. The number of hydrogen-bond acceptors (Lipinski definition) is 2. The van der Waals surface area contributed by atoms with Gasteiger partial charge in [0.15, 0.2) is 0 Å². The molecular formula is C16H21N3. The number of fused-ring (bicyclic) bond motifs is 1. The van der Waals surface area contributed by atoms with Crippen molar-refractivity contribution in [2.75, 3.05) is 7.05 Å². The van der Waals surface area contributed by atoms with E-state index in [1.54, 1.807) is 0 Å². The molecule has 19 heavy (non-hydrogen) atoms. The maximum absolute atomic E-state index is 4.59. The summed E-state index contributed by atoms with van der Waals surface area (Å²) >= 11 is 0.